The maximum absolute atomic E-state index is 13.4. The number of carbonyl (C=O) groups excluding carboxylic acids is 1. The predicted molar refractivity (Wildman–Crippen MR) is 115 cm³/mol. The summed E-state index contributed by atoms with van der Waals surface area (Å²) in [5.74, 6) is 0.580. The van der Waals surface area contributed by atoms with Gasteiger partial charge in [0, 0.05) is 12.5 Å². The number of aliphatic hydroxyl groups is 1. The summed E-state index contributed by atoms with van der Waals surface area (Å²) in [4.78, 5) is 15.3. The Hall–Kier alpha value is -2.53. The second-order valence-electron chi connectivity index (χ2n) is 8.56. The molecule has 0 unspecified atom stereocenters. The molecule has 2 aromatic carbocycles. The molecule has 1 heterocycles. The van der Waals surface area contributed by atoms with E-state index in [1.165, 1.54) is 0 Å². The van der Waals surface area contributed by atoms with Crippen LogP contribution in [-0.4, -0.2) is 39.8 Å². The Morgan fingerprint density at radius 1 is 1.17 bits per heavy atom. The van der Waals surface area contributed by atoms with Crippen LogP contribution in [0.1, 0.15) is 56.2 Å². The first-order valence-electron chi connectivity index (χ1n) is 11.0. The van der Waals surface area contributed by atoms with Crippen molar-refractivity contribution in [1.82, 2.24) is 4.90 Å². The molecule has 1 aliphatic carbocycles. The molecule has 4 rings (SSSR count). The van der Waals surface area contributed by atoms with Gasteiger partial charge in [-0.05, 0) is 49.4 Å². The molecule has 1 amide bonds. The number of benzene rings is 2. The fourth-order valence-electron chi connectivity index (χ4n) is 5.23. The number of hydrogen-bond acceptors (Lipinski definition) is 4. The second kappa shape index (κ2) is 8.68. The number of fused-ring (bicyclic) bond motifs is 1. The molecule has 2 N–H and O–H groups in total. The molecule has 2 aromatic rings. The minimum absolute atomic E-state index is 0.0151. The SMILES string of the molecule is CCOc1cc([C@@H]2[C@@H]3CCCC[C@@]3(O)CCN2C(=O)Cc2ccccc2)ccc1O. The smallest absolute Gasteiger partial charge is 0.227 e. The van der Waals surface area contributed by atoms with Gasteiger partial charge in [0.1, 0.15) is 0 Å². The number of nitrogens with zero attached hydrogens (tertiary/aromatic N) is 1. The Labute approximate surface area is 178 Å². The van der Waals surface area contributed by atoms with Crippen molar-refractivity contribution in [1.29, 1.82) is 0 Å². The van der Waals surface area contributed by atoms with Crippen molar-refractivity contribution in [2.75, 3.05) is 13.2 Å². The van der Waals surface area contributed by atoms with Gasteiger partial charge in [-0.1, -0.05) is 49.2 Å². The van der Waals surface area contributed by atoms with Crippen molar-refractivity contribution in [2.45, 2.75) is 57.1 Å². The van der Waals surface area contributed by atoms with Crippen LogP contribution >= 0.6 is 0 Å². The highest BCUT2D eigenvalue weighted by molar-refractivity contribution is 5.79. The van der Waals surface area contributed by atoms with Gasteiger partial charge in [0.15, 0.2) is 11.5 Å². The van der Waals surface area contributed by atoms with Crippen LogP contribution in [0.25, 0.3) is 0 Å². The maximum atomic E-state index is 13.4. The first-order valence-corrected chi connectivity index (χ1v) is 11.0. The summed E-state index contributed by atoms with van der Waals surface area (Å²) in [7, 11) is 0. The third-order valence-corrected chi connectivity index (χ3v) is 6.71. The Kier molecular flexibility index (Phi) is 6.00. The van der Waals surface area contributed by atoms with Crippen molar-refractivity contribution in [3.63, 3.8) is 0 Å². The van der Waals surface area contributed by atoms with Gasteiger partial charge in [0.05, 0.1) is 24.7 Å². The van der Waals surface area contributed by atoms with Crippen molar-refractivity contribution in [3.05, 3.63) is 59.7 Å². The number of hydrogen-bond donors (Lipinski definition) is 2. The van der Waals surface area contributed by atoms with Crippen LogP contribution in [0, 0.1) is 5.92 Å². The summed E-state index contributed by atoms with van der Waals surface area (Å²) in [6, 6.07) is 14.9. The Bertz CT molecular complexity index is 884. The summed E-state index contributed by atoms with van der Waals surface area (Å²) in [5, 5.41) is 21.6. The largest absolute Gasteiger partial charge is 0.504 e. The minimum atomic E-state index is -0.740. The predicted octanol–water partition coefficient (Wildman–Crippen LogP) is 4.23. The van der Waals surface area contributed by atoms with E-state index in [4.69, 9.17) is 4.74 Å². The van der Waals surface area contributed by atoms with Gasteiger partial charge in [0.2, 0.25) is 5.91 Å². The summed E-state index contributed by atoms with van der Waals surface area (Å²) in [6.45, 7) is 2.86. The normalized spacial score (nSPS) is 26.1. The van der Waals surface area contributed by atoms with E-state index >= 15 is 0 Å². The number of carbonyl (C=O) groups is 1. The number of amides is 1. The van der Waals surface area contributed by atoms with Crippen molar-refractivity contribution >= 4 is 5.91 Å². The zero-order chi connectivity index (χ0) is 21.1. The summed E-state index contributed by atoms with van der Waals surface area (Å²) in [5.41, 5.74) is 1.17. The third-order valence-electron chi connectivity index (χ3n) is 6.71. The molecule has 0 bridgehead atoms. The fourth-order valence-corrected chi connectivity index (χ4v) is 5.23. The third kappa shape index (κ3) is 4.04. The van der Waals surface area contributed by atoms with Crippen LogP contribution in [0.15, 0.2) is 48.5 Å². The average molecular weight is 410 g/mol. The van der Waals surface area contributed by atoms with Crippen LogP contribution in [0.3, 0.4) is 0 Å². The van der Waals surface area contributed by atoms with Crippen LogP contribution in [-0.2, 0) is 11.2 Å². The summed E-state index contributed by atoms with van der Waals surface area (Å²) < 4.78 is 5.60. The molecule has 1 saturated heterocycles. The highest BCUT2D eigenvalue weighted by Gasteiger charge is 2.50. The number of ether oxygens (including phenoxy) is 1. The molecule has 3 atom stereocenters. The molecule has 30 heavy (non-hydrogen) atoms. The van der Waals surface area contributed by atoms with Gasteiger partial charge in [-0.25, -0.2) is 0 Å². The lowest BCUT2D eigenvalue weighted by molar-refractivity contribution is -0.154. The number of phenolic OH excluding ortho intramolecular Hbond substituents is 1. The molecular formula is C25H31NO4. The van der Waals surface area contributed by atoms with E-state index in [1.807, 2.05) is 54.3 Å². The summed E-state index contributed by atoms with van der Waals surface area (Å²) >= 11 is 0. The molecule has 160 valence electrons. The van der Waals surface area contributed by atoms with E-state index < -0.39 is 5.60 Å². The van der Waals surface area contributed by atoms with E-state index in [-0.39, 0.29) is 23.6 Å². The Morgan fingerprint density at radius 3 is 2.73 bits per heavy atom. The zero-order valence-corrected chi connectivity index (χ0v) is 17.6. The molecule has 0 spiro atoms. The number of rotatable bonds is 5. The first-order chi connectivity index (χ1) is 14.5. The molecule has 1 aliphatic heterocycles. The number of piperidine rings is 1. The first kappa shape index (κ1) is 20.7. The standard InChI is InChI=1S/C25H31NO4/c1-2-30-22-17-19(11-12-21(22)27)24-20-10-6-7-13-25(20,29)14-15-26(24)23(28)16-18-8-4-3-5-9-18/h3-5,8-9,11-12,17,20,24,27,29H,2,6-7,10,13-16H2,1H3/t20-,24+,25+/m0/s1. The Balaban J connectivity index is 1.70. The van der Waals surface area contributed by atoms with E-state index in [9.17, 15) is 15.0 Å². The fraction of sp³-hybridized carbons (Fsp3) is 0.480. The number of aromatic hydroxyl groups is 1. The molecule has 1 saturated carbocycles. The van der Waals surface area contributed by atoms with E-state index in [1.54, 1.807) is 6.07 Å². The van der Waals surface area contributed by atoms with Crippen LogP contribution < -0.4 is 4.74 Å². The highest BCUT2D eigenvalue weighted by Crippen LogP contribution is 2.50. The molecular weight excluding hydrogens is 378 g/mol. The monoisotopic (exact) mass is 409 g/mol. The minimum Gasteiger partial charge on any atom is -0.504 e. The van der Waals surface area contributed by atoms with Gasteiger partial charge >= 0.3 is 0 Å². The van der Waals surface area contributed by atoms with Gasteiger partial charge in [0.25, 0.3) is 0 Å². The topological polar surface area (TPSA) is 70.0 Å². The molecule has 2 aliphatic rings. The zero-order valence-electron chi connectivity index (χ0n) is 17.6. The molecule has 2 fully saturated rings. The van der Waals surface area contributed by atoms with Gasteiger partial charge in [-0.3, -0.25) is 4.79 Å². The van der Waals surface area contributed by atoms with E-state index in [2.05, 4.69) is 0 Å². The van der Waals surface area contributed by atoms with Crippen LogP contribution in [0.2, 0.25) is 0 Å². The van der Waals surface area contributed by atoms with Crippen molar-refractivity contribution in [3.8, 4) is 11.5 Å². The Morgan fingerprint density at radius 2 is 1.97 bits per heavy atom. The highest BCUT2D eigenvalue weighted by atomic mass is 16.5. The molecule has 0 radical (unpaired) electrons. The van der Waals surface area contributed by atoms with Crippen LogP contribution in [0.4, 0.5) is 0 Å². The average Bonchev–Trinajstić information content (AvgIpc) is 2.75. The maximum Gasteiger partial charge on any atom is 0.227 e. The quantitative estimate of drug-likeness (QED) is 0.775. The van der Waals surface area contributed by atoms with Crippen LogP contribution in [0.5, 0.6) is 11.5 Å². The number of likely N-dealkylation sites (tertiary alicyclic amines) is 1. The van der Waals surface area contributed by atoms with E-state index in [0.29, 0.717) is 31.7 Å². The van der Waals surface area contributed by atoms with Gasteiger partial charge in [-0.2, -0.15) is 0 Å². The van der Waals surface area contributed by atoms with Crippen molar-refractivity contribution in [2.24, 2.45) is 5.92 Å². The number of phenols is 1. The summed E-state index contributed by atoms with van der Waals surface area (Å²) in [6.07, 6.45) is 4.72. The lowest BCUT2D eigenvalue weighted by atomic mass is 9.66. The second-order valence-corrected chi connectivity index (χ2v) is 8.56. The van der Waals surface area contributed by atoms with Crippen molar-refractivity contribution < 1.29 is 19.7 Å². The van der Waals surface area contributed by atoms with Gasteiger partial charge in [-0.15, -0.1) is 0 Å². The van der Waals surface area contributed by atoms with Gasteiger partial charge < -0.3 is 19.8 Å². The molecule has 5 nitrogen and oxygen atoms in total. The lowest BCUT2D eigenvalue weighted by Gasteiger charge is -2.52. The molecule has 5 heteroatoms. The lowest BCUT2D eigenvalue weighted by Crippen LogP contribution is -2.56. The van der Waals surface area contributed by atoms with E-state index in [0.717, 1.165) is 36.8 Å². The molecule has 0 aromatic heterocycles.